The summed E-state index contributed by atoms with van der Waals surface area (Å²) in [5.41, 5.74) is 5.15. The van der Waals surface area contributed by atoms with Crippen molar-refractivity contribution in [2.75, 3.05) is 23.3 Å². The van der Waals surface area contributed by atoms with E-state index in [0.29, 0.717) is 23.3 Å². The smallest absolute Gasteiger partial charge is 0.315 e. The van der Waals surface area contributed by atoms with Crippen LogP contribution in [0.2, 0.25) is 0 Å². The average Bonchev–Trinajstić information content (AvgIpc) is 2.37. The second-order valence-electron chi connectivity index (χ2n) is 4.33. The Morgan fingerprint density at radius 2 is 2.47 bits per heavy atom. The van der Waals surface area contributed by atoms with Gasteiger partial charge in [-0.15, -0.1) is 11.8 Å². The third-order valence-electron chi connectivity index (χ3n) is 3.15. The summed E-state index contributed by atoms with van der Waals surface area (Å²) < 4.78 is 5.77. The molecule has 2 N–H and O–H groups in total. The van der Waals surface area contributed by atoms with Gasteiger partial charge >= 0.3 is 5.97 Å². The van der Waals surface area contributed by atoms with Gasteiger partial charge in [-0.25, -0.2) is 0 Å². The lowest BCUT2D eigenvalue weighted by Gasteiger charge is -2.52. The van der Waals surface area contributed by atoms with E-state index >= 15 is 0 Å². The molecule has 17 heavy (non-hydrogen) atoms. The van der Waals surface area contributed by atoms with Gasteiger partial charge < -0.3 is 15.4 Å². The Bertz CT molecular complexity index is 354. The zero-order chi connectivity index (χ0) is 12.6. The van der Waals surface area contributed by atoms with E-state index in [9.17, 15) is 9.59 Å². The summed E-state index contributed by atoms with van der Waals surface area (Å²) >= 11 is 3.77. The van der Waals surface area contributed by atoms with E-state index in [4.69, 9.17) is 10.5 Å². The molecule has 2 unspecified atom stereocenters. The first-order valence-corrected chi connectivity index (χ1v) is 8.04. The molecule has 2 fully saturated rings. The van der Waals surface area contributed by atoms with E-state index in [1.165, 1.54) is 0 Å². The van der Waals surface area contributed by atoms with E-state index in [0.717, 1.165) is 0 Å². The number of rotatable bonds is 3. The minimum absolute atomic E-state index is 0.0491. The molecule has 3 atom stereocenters. The monoisotopic (exact) mass is 370 g/mol. The lowest BCUT2D eigenvalue weighted by molar-refractivity contribution is -0.159. The van der Waals surface area contributed by atoms with Crippen LogP contribution in [0, 0.1) is 5.41 Å². The van der Waals surface area contributed by atoms with Crippen LogP contribution in [-0.4, -0.2) is 51.5 Å². The van der Waals surface area contributed by atoms with Gasteiger partial charge in [-0.1, -0.05) is 22.6 Å². The first-order chi connectivity index (χ1) is 8.05. The molecule has 0 saturated carbocycles. The maximum atomic E-state index is 12.0. The molecule has 2 aliphatic rings. The maximum absolute atomic E-state index is 12.0. The van der Waals surface area contributed by atoms with Crippen LogP contribution in [0.3, 0.4) is 0 Å². The Morgan fingerprint density at radius 1 is 1.76 bits per heavy atom. The summed E-state index contributed by atoms with van der Waals surface area (Å²) in [7, 11) is 0. The molecule has 0 radical (unpaired) electrons. The Morgan fingerprint density at radius 3 is 3.06 bits per heavy atom. The number of nitrogens with zero attached hydrogens (tertiary/aromatic N) is 1. The summed E-state index contributed by atoms with van der Waals surface area (Å²) in [6, 6.07) is -0.394. The van der Waals surface area contributed by atoms with Gasteiger partial charge in [0.05, 0.1) is 6.61 Å². The van der Waals surface area contributed by atoms with E-state index < -0.39 is 11.5 Å². The number of carbonyl (C=O) groups is 2. The molecule has 0 aromatic heterocycles. The van der Waals surface area contributed by atoms with Crippen molar-refractivity contribution in [1.82, 2.24) is 4.90 Å². The first kappa shape index (κ1) is 13.4. The quantitative estimate of drug-likeness (QED) is 0.333. The van der Waals surface area contributed by atoms with E-state index in [2.05, 4.69) is 22.6 Å². The van der Waals surface area contributed by atoms with Crippen molar-refractivity contribution >= 4 is 46.2 Å². The van der Waals surface area contributed by atoms with Crippen molar-refractivity contribution < 1.29 is 14.3 Å². The molecule has 0 aromatic carbocycles. The summed E-state index contributed by atoms with van der Waals surface area (Å²) in [4.78, 5) is 25.3. The number of thioether (sulfide) groups is 1. The number of amides is 1. The van der Waals surface area contributed by atoms with Crippen LogP contribution in [0.1, 0.15) is 6.92 Å². The highest BCUT2D eigenvalue weighted by Crippen LogP contribution is 2.42. The lowest BCUT2D eigenvalue weighted by atomic mass is 9.89. The largest absolute Gasteiger partial charge is 0.465 e. The van der Waals surface area contributed by atoms with Gasteiger partial charge in [-0.3, -0.25) is 9.59 Å². The number of hydrogen-bond donors (Lipinski definition) is 1. The number of esters is 1. The summed E-state index contributed by atoms with van der Waals surface area (Å²) in [5.74, 6) is 0.422. The Hall–Kier alpha value is -0.0200. The molecule has 2 heterocycles. The van der Waals surface area contributed by atoms with Crippen molar-refractivity contribution in [2.45, 2.75) is 18.3 Å². The highest BCUT2D eigenvalue weighted by molar-refractivity contribution is 14.1. The molecule has 0 spiro atoms. The SMILES string of the molecule is CCOC(=O)C1(CI)CS[C@@H]2C(N)C(=O)N2C1. The predicted octanol–water partition coefficient (Wildman–Crippen LogP) is 0.213. The van der Waals surface area contributed by atoms with E-state index in [1.54, 1.807) is 23.6 Å². The van der Waals surface area contributed by atoms with Gasteiger partial charge in [0.15, 0.2) is 0 Å². The zero-order valence-electron chi connectivity index (χ0n) is 9.52. The van der Waals surface area contributed by atoms with Crippen molar-refractivity contribution in [3.05, 3.63) is 0 Å². The molecule has 1 amide bonds. The zero-order valence-corrected chi connectivity index (χ0v) is 12.5. The van der Waals surface area contributed by atoms with Crippen LogP contribution in [0.15, 0.2) is 0 Å². The minimum Gasteiger partial charge on any atom is -0.465 e. The van der Waals surface area contributed by atoms with Gasteiger partial charge in [-0.2, -0.15) is 0 Å². The van der Waals surface area contributed by atoms with Crippen LogP contribution in [0.4, 0.5) is 0 Å². The summed E-state index contributed by atoms with van der Waals surface area (Å²) in [6.07, 6.45) is 0. The Balaban J connectivity index is 2.11. The Labute approximate surface area is 118 Å². The number of β-lactam (4-membered cyclic amide) rings is 1. The number of alkyl halides is 1. The maximum Gasteiger partial charge on any atom is 0.315 e. The standard InChI is InChI=1S/C10H15IN2O3S/c1-2-16-9(15)10(3-11)4-13-7(14)6(12)8(13)17-5-10/h6,8H,2-5,12H2,1H3/t6?,8-,10?/m1/s1. The molecule has 0 aromatic rings. The van der Waals surface area contributed by atoms with Gasteiger partial charge in [0.25, 0.3) is 0 Å². The third-order valence-corrected chi connectivity index (χ3v) is 6.22. The third kappa shape index (κ3) is 2.06. The van der Waals surface area contributed by atoms with Crippen molar-refractivity contribution in [2.24, 2.45) is 11.1 Å². The van der Waals surface area contributed by atoms with Gasteiger partial charge in [0, 0.05) is 16.7 Å². The van der Waals surface area contributed by atoms with Crippen LogP contribution in [-0.2, 0) is 14.3 Å². The predicted molar refractivity (Wildman–Crippen MR) is 73.9 cm³/mol. The fourth-order valence-corrected chi connectivity index (χ4v) is 4.74. The fourth-order valence-electron chi connectivity index (χ4n) is 2.07. The normalized spacial score (nSPS) is 36.2. The number of hydrogen-bond acceptors (Lipinski definition) is 5. The van der Waals surface area contributed by atoms with E-state index in [1.807, 2.05) is 0 Å². The number of halogens is 1. The number of nitrogens with two attached hydrogens (primary N) is 1. The Kier molecular flexibility index (Phi) is 3.89. The molecule has 2 saturated heterocycles. The second kappa shape index (κ2) is 4.93. The van der Waals surface area contributed by atoms with Gasteiger partial charge in [0.1, 0.15) is 16.8 Å². The lowest BCUT2D eigenvalue weighted by Crippen LogP contribution is -2.72. The fraction of sp³-hybridized carbons (Fsp3) is 0.800. The molecular formula is C10H15IN2O3S. The van der Waals surface area contributed by atoms with Gasteiger partial charge in [0.2, 0.25) is 5.91 Å². The molecule has 2 aliphatic heterocycles. The van der Waals surface area contributed by atoms with Crippen LogP contribution < -0.4 is 5.73 Å². The van der Waals surface area contributed by atoms with Gasteiger partial charge in [-0.05, 0) is 6.92 Å². The number of carbonyl (C=O) groups excluding carboxylic acids is 2. The highest BCUT2D eigenvalue weighted by atomic mass is 127. The molecule has 5 nitrogen and oxygen atoms in total. The average molecular weight is 370 g/mol. The first-order valence-electron chi connectivity index (χ1n) is 5.46. The van der Waals surface area contributed by atoms with Crippen LogP contribution in [0.25, 0.3) is 0 Å². The highest BCUT2D eigenvalue weighted by Gasteiger charge is 2.55. The summed E-state index contributed by atoms with van der Waals surface area (Å²) in [5, 5.41) is 0.0491. The second-order valence-corrected chi connectivity index (χ2v) is 6.20. The van der Waals surface area contributed by atoms with Crippen molar-refractivity contribution in [3.8, 4) is 0 Å². The molecule has 0 aliphatic carbocycles. The van der Waals surface area contributed by atoms with Crippen molar-refractivity contribution in [1.29, 1.82) is 0 Å². The molecule has 0 bridgehead atoms. The number of ether oxygens (including phenoxy) is 1. The molecule has 7 heteroatoms. The topological polar surface area (TPSA) is 72.6 Å². The molecule has 2 rings (SSSR count). The number of fused-ring (bicyclic) bond motifs is 1. The van der Waals surface area contributed by atoms with E-state index in [-0.39, 0.29) is 17.3 Å². The molecule has 96 valence electrons. The van der Waals surface area contributed by atoms with Crippen LogP contribution in [0.5, 0.6) is 0 Å². The van der Waals surface area contributed by atoms with Crippen molar-refractivity contribution in [3.63, 3.8) is 0 Å². The minimum atomic E-state index is -0.562. The van der Waals surface area contributed by atoms with Crippen LogP contribution >= 0.6 is 34.4 Å². The summed E-state index contributed by atoms with van der Waals surface area (Å²) in [6.45, 7) is 2.61. The molecular weight excluding hydrogens is 355 g/mol.